The molecule has 0 atom stereocenters. The SMILES string of the molecule is COc1cccc(COCCNCC(C)C)c1. The molecule has 3 nitrogen and oxygen atoms in total. The van der Waals surface area contributed by atoms with E-state index in [0.29, 0.717) is 12.5 Å². The van der Waals surface area contributed by atoms with Crippen LogP contribution in [0, 0.1) is 5.92 Å². The summed E-state index contributed by atoms with van der Waals surface area (Å²) in [5.74, 6) is 1.57. The lowest BCUT2D eigenvalue weighted by molar-refractivity contribution is 0.122. The van der Waals surface area contributed by atoms with Gasteiger partial charge in [-0.05, 0) is 30.2 Å². The molecule has 1 N–H and O–H groups in total. The van der Waals surface area contributed by atoms with Crippen LogP contribution in [-0.4, -0.2) is 26.8 Å². The third-order valence-electron chi connectivity index (χ3n) is 2.38. The van der Waals surface area contributed by atoms with Crippen molar-refractivity contribution in [3.8, 4) is 5.75 Å². The van der Waals surface area contributed by atoms with E-state index in [0.717, 1.165) is 31.0 Å². The summed E-state index contributed by atoms with van der Waals surface area (Å²) >= 11 is 0. The van der Waals surface area contributed by atoms with Crippen molar-refractivity contribution >= 4 is 0 Å². The normalized spacial score (nSPS) is 10.8. The third-order valence-corrected chi connectivity index (χ3v) is 2.38. The van der Waals surface area contributed by atoms with Crippen molar-refractivity contribution in [2.24, 2.45) is 5.92 Å². The third kappa shape index (κ3) is 6.29. The highest BCUT2D eigenvalue weighted by Crippen LogP contribution is 2.12. The average molecular weight is 237 g/mol. The van der Waals surface area contributed by atoms with E-state index < -0.39 is 0 Å². The van der Waals surface area contributed by atoms with Crippen LogP contribution in [0.1, 0.15) is 19.4 Å². The maximum Gasteiger partial charge on any atom is 0.119 e. The molecule has 1 aromatic rings. The Morgan fingerprint density at radius 1 is 1.29 bits per heavy atom. The van der Waals surface area contributed by atoms with E-state index >= 15 is 0 Å². The Bertz CT molecular complexity index is 313. The monoisotopic (exact) mass is 237 g/mol. The van der Waals surface area contributed by atoms with Gasteiger partial charge in [0.25, 0.3) is 0 Å². The highest BCUT2D eigenvalue weighted by atomic mass is 16.5. The van der Waals surface area contributed by atoms with Crippen LogP contribution in [0.5, 0.6) is 5.75 Å². The van der Waals surface area contributed by atoms with Crippen LogP contribution in [0.3, 0.4) is 0 Å². The van der Waals surface area contributed by atoms with Gasteiger partial charge in [0.1, 0.15) is 5.75 Å². The Labute approximate surface area is 104 Å². The Kier molecular flexibility index (Phi) is 6.67. The van der Waals surface area contributed by atoms with Gasteiger partial charge < -0.3 is 14.8 Å². The first-order valence-corrected chi connectivity index (χ1v) is 6.13. The second kappa shape index (κ2) is 8.09. The number of hydrogen-bond acceptors (Lipinski definition) is 3. The summed E-state index contributed by atoms with van der Waals surface area (Å²) in [4.78, 5) is 0. The number of methoxy groups -OCH3 is 1. The van der Waals surface area contributed by atoms with Gasteiger partial charge in [0.05, 0.1) is 20.3 Å². The van der Waals surface area contributed by atoms with Crippen LogP contribution >= 0.6 is 0 Å². The minimum atomic E-state index is 0.639. The lowest BCUT2D eigenvalue weighted by Gasteiger charge is -2.08. The van der Waals surface area contributed by atoms with Crippen LogP contribution in [-0.2, 0) is 11.3 Å². The molecule has 1 aromatic carbocycles. The molecular formula is C14H23NO2. The highest BCUT2D eigenvalue weighted by Gasteiger charge is 1.96. The smallest absolute Gasteiger partial charge is 0.119 e. The number of ether oxygens (including phenoxy) is 2. The molecule has 17 heavy (non-hydrogen) atoms. The van der Waals surface area contributed by atoms with E-state index in [9.17, 15) is 0 Å². The molecular weight excluding hydrogens is 214 g/mol. The largest absolute Gasteiger partial charge is 0.497 e. The molecule has 0 aliphatic carbocycles. The van der Waals surface area contributed by atoms with Crippen molar-refractivity contribution in [1.29, 1.82) is 0 Å². The quantitative estimate of drug-likeness (QED) is 0.704. The fraction of sp³-hybridized carbons (Fsp3) is 0.571. The van der Waals surface area contributed by atoms with Crippen molar-refractivity contribution in [3.63, 3.8) is 0 Å². The van der Waals surface area contributed by atoms with Gasteiger partial charge in [0.15, 0.2) is 0 Å². The predicted molar refractivity (Wildman–Crippen MR) is 70.4 cm³/mol. The highest BCUT2D eigenvalue weighted by molar-refractivity contribution is 5.27. The summed E-state index contributed by atoms with van der Waals surface area (Å²) in [6.07, 6.45) is 0. The molecule has 0 amide bonds. The van der Waals surface area contributed by atoms with E-state index in [4.69, 9.17) is 9.47 Å². The molecule has 0 unspecified atom stereocenters. The first-order valence-electron chi connectivity index (χ1n) is 6.13. The lowest BCUT2D eigenvalue weighted by Crippen LogP contribution is -2.23. The second-order valence-corrected chi connectivity index (χ2v) is 4.50. The first kappa shape index (κ1) is 14.0. The van der Waals surface area contributed by atoms with Crippen molar-refractivity contribution in [2.75, 3.05) is 26.8 Å². The van der Waals surface area contributed by atoms with Crippen molar-refractivity contribution in [3.05, 3.63) is 29.8 Å². The molecule has 0 aromatic heterocycles. The lowest BCUT2D eigenvalue weighted by atomic mass is 10.2. The number of nitrogens with one attached hydrogen (secondary N) is 1. The maximum atomic E-state index is 5.58. The van der Waals surface area contributed by atoms with Crippen molar-refractivity contribution < 1.29 is 9.47 Å². The van der Waals surface area contributed by atoms with E-state index in [-0.39, 0.29) is 0 Å². The minimum Gasteiger partial charge on any atom is -0.497 e. The minimum absolute atomic E-state index is 0.639. The van der Waals surface area contributed by atoms with Gasteiger partial charge in [0, 0.05) is 6.54 Å². The van der Waals surface area contributed by atoms with Crippen LogP contribution in [0.2, 0.25) is 0 Å². The van der Waals surface area contributed by atoms with Crippen LogP contribution in [0.25, 0.3) is 0 Å². The summed E-state index contributed by atoms with van der Waals surface area (Å²) in [7, 11) is 1.68. The van der Waals surface area contributed by atoms with Gasteiger partial charge in [0.2, 0.25) is 0 Å². The van der Waals surface area contributed by atoms with Gasteiger partial charge in [-0.3, -0.25) is 0 Å². The van der Waals surface area contributed by atoms with Gasteiger partial charge >= 0.3 is 0 Å². The van der Waals surface area contributed by atoms with Crippen LogP contribution in [0.15, 0.2) is 24.3 Å². The summed E-state index contributed by atoms with van der Waals surface area (Å²) in [6, 6.07) is 7.97. The molecule has 0 heterocycles. The molecule has 0 aliphatic heterocycles. The topological polar surface area (TPSA) is 30.5 Å². The number of rotatable bonds is 8. The summed E-state index contributed by atoms with van der Waals surface area (Å²) in [5.41, 5.74) is 1.15. The Balaban J connectivity index is 2.13. The molecule has 1 rings (SSSR count). The number of hydrogen-bond donors (Lipinski definition) is 1. The molecule has 0 radical (unpaired) electrons. The van der Waals surface area contributed by atoms with E-state index in [1.54, 1.807) is 7.11 Å². The van der Waals surface area contributed by atoms with Crippen LogP contribution < -0.4 is 10.1 Å². The molecule has 0 fully saturated rings. The molecule has 0 aliphatic rings. The molecule has 0 spiro atoms. The fourth-order valence-corrected chi connectivity index (χ4v) is 1.49. The van der Waals surface area contributed by atoms with E-state index in [1.807, 2.05) is 24.3 Å². The van der Waals surface area contributed by atoms with E-state index in [2.05, 4.69) is 19.2 Å². The molecule has 96 valence electrons. The molecule has 0 saturated heterocycles. The van der Waals surface area contributed by atoms with Crippen molar-refractivity contribution in [2.45, 2.75) is 20.5 Å². The maximum absolute atomic E-state index is 5.58. The fourth-order valence-electron chi connectivity index (χ4n) is 1.49. The zero-order valence-corrected chi connectivity index (χ0v) is 11.0. The molecule has 3 heteroatoms. The summed E-state index contributed by atoms with van der Waals surface area (Å²) in [6.45, 7) is 7.73. The van der Waals surface area contributed by atoms with E-state index in [1.165, 1.54) is 0 Å². The molecule has 0 saturated carbocycles. The standard InChI is InChI=1S/C14H23NO2/c1-12(2)10-15-7-8-17-11-13-5-4-6-14(9-13)16-3/h4-6,9,12,15H,7-8,10-11H2,1-3H3. The summed E-state index contributed by atoms with van der Waals surface area (Å²) < 4.78 is 10.7. The second-order valence-electron chi connectivity index (χ2n) is 4.50. The Hall–Kier alpha value is -1.06. The Morgan fingerprint density at radius 2 is 2.12 bits per heavy atom. The zero-order valence-electron chi connectivity index (χ0n) is 11.0. The zero-order chi connectivity index (χ0) is 12.5. The first-order chi connectivity index (χ1) is 8.22. The average Bonchev–Trinajstić information content (AvgIpc) is 2.33. The van der Waals surface area contributed by atoms with Crippen molar-refractivity contribution in [1.82, 2.24) is 5.32 Å². The predicted octanol–water partition coefficient (Wildman–Crippen LogP) is 2.46. The van der Waals surface area contributed by atoms with Gasteiger partial charge in [-0.15, -0.1) is 0 Å². The molecule has 0 bridgehead atoms. The van der Waals surface area contributed by atoms with Gasteiger partial charge in [-0.2, -0.15) is 0 Å². The van der Waals surface area contributed by atoms with Gasteiger partial charge in [-0.1, -0.05) is 26.0 Å². The van der Waals surface area contributed by atoms with Crippen LogP contribution in [0.4, 0.5) is 0 Å². The number of benzene rings is 1. The summed E-state index contributed by atoms with van der Waals surface area (Å²) in [5, 5.41) is 3.34. The van der Waals surface area contributed by atoms with Gasteiger partial charge in [-0.25, -0.2) is 0 Å². The Morgan fingerprint density at radius 3 is 2.82 bits per heavy atom.